The molecule has 1 aromatic rings. The van der Waals surface area contributed by atoms with Crippen molar-refractivity contribution in [1.82, 2.24) is 0 Å². The number of benzene rings is 1. The van der Waals surface area contributed by atoms with Crippen LogP contribution in [0.15, 0.2) is 30.3 Å². The molecule has 0 saturated heterocycles. The number of aryl methyl sites for hydroxylation is 1. The molecule has 0 atom stereocenters. The number of carbonyl (C=O) groups is 1. The van der Waals surface area contributed by atoms with Gasteiger partial charge in [0.15, 0.2) is 0 Å². The van der Waals surface area contributed by atoms with Crippen molar-refractivity contribution in [3.63, 3.8) is 0 Å². The van der Waals surface area contributed by atoms with Crippen LogP contribution in [0.3, 0.4) is 0 Å². The first-order valence-electron chi connectivity index (χ1n) is 4.21. The largest absolute Gasteiger partial charge is 0.481 e. The Hall–Kier alpha value is -1.12. The molecule has 0 bridgehead atoms. The van der Waals surface area contributed by atoms with E-state index in [4.69, 9.17) is 5.11 Å². The second kappa shape index (κ2) is 8.48. The number of carboxylic acid groups (broad SMARTS) is 1. The third-order valence-corrected chi connectivity index (χ3v) is 1.47. The van der Waals surface area contributed by atoms with Crippen molar-refractivity contribution in [2.45, 2.75) is 12.8 Å². The van der Waals surface area contributed by atoms with Gasteiger partial charge in [0.1, 0.15) is 0 Å². The van der Waals surface area contributed by atoms with E-state index in [1.165, 1.54) is 0 Å². The SMILES string of the molecule is O=C(O)CCc1ccccc1.[B][B][B]. The van der Waals surface area contributed by atoms with E-state index in [-0.39, 0.29) is 6.42 Å². The number of hydrogen-bond donors (Lipinski definition) is 1. The second-order valence-corrected chi connectivity index (χ2v) is 2.57. The summed E-state index contributed by atoms with van der Waals surface area (Å²) in [4.78, 5) is 10.2. The molecule has 0 unspecified atom stereocenters. The standard InChI is InChI=1S/C9H10O2.B3/c10-9(11)7-6-8-4-2-1-3-5-8;1-3-2/h1-5H,6-7H2,(H,10,11);. The molecule has 0 aliphatic carbocycles. The van der Waals surface area contributed by atoms with Gasteiger partial charge in [-0.2, -0.15) is 0 Å². The summed E-state index contributed by atoms with van der Waals surface area (Å²) in [6.07, 6.45) is 0.834. The van der Waals surface area contributed by atoms with Crippen LogP contribution in [0, 0.1) is 0 Å². The summed E-state index contributed by atoms with van der Waals surface area (Å²) in [6.45, 7) is 0. The molecular formula is C9H10B3O2. The Bertz CT molecular complexity index is 251. The van der Waals surface area contributed by atoms with E-state index in [1.54, 1.807) is 0 Å². The van der Waals surface area contributed by atoms with Crippen LogP contribution in [-0.2, 0) is 11.2 Å². The topological polar surface area (TPSA) is 37.3 Å². The Kier molecular flexibility index (Phi) is 7.81. The molecule has 0 heterocycles. The second-order valence-electron chi connectivity index (χ2n) is 2.57. The highest BCUT2D eigenvalue weighted by Crippen LogP contribution is 2.01. The van der Waals surface area contributed by atoms with Crippen molar-refractivity contribution in [3.8, 4) is 0 Å². The highest BCUT2D eigenvalue weighted by atomic mass is 16.4. The van der Waals surface area contributed by atoms with E-state index in [1.807, 2.05) is 30.3 Å². The quantitative estimate of drug-likeness (QED) is 0.694. The molecule has 5 heteroatoms. The van der Waals surface area contributed by atoms with Gasteiger partial charge in [-0.1, -0.05) is 30.3 Å². The third-order valence-electron chi connectivity index (χ3n) is 1.47. The lowest BCUT2D eigenvalue weighted by Crippen LogP contribution is -1.96. The van der Waals surface area contributed by atoms with Crippen LogP contribution < -0.4 is 0 Å². The summed E-state index contributed by atoms with van der Waals surface area (Å²) in [5.74, 6) is -0.742. The first-order valence-corrected chi connectivity index (χ1v) is 4.21. The van der Waals surface area contributed by atoms with Gasteiger partial charge in [-0.3, -0.25) is 4.79 Å². The van der Waals surface area contributed by atoms with Crippen LogP contribution in [0.5, 0.6) is 0 Å². The van der Waals surface area contributed by atoms with E-state index >= 15 is 0 Å². The fourth-order valence-corrected chi connectivity index (χ4v) is 0.896. The van der Waals surface area contributed by atoms with Crippen molar-refractivity contribution in [2.75, 3.05) is 0 Å². The predicted molar refractivity (Wildman–Crippen MR) is 59.7 cm³/mol. The van der Waals surface area contributed by atoms with Crippen molar-refractivity contribution in [1.29, 1.82) is 0 Å². The molecular weight excluding hydrogens is 173 g/mol. The summed E-state index contributed by atoms with van der Waals surface area (Å²) in [5.41, 5.74) is 1.08. The van der Waals surface area contributed by atoms with Crippen LogP contribution in [-0.4, -0.2) is 33.6 Å². The lowest BCUT2D eigenvalue weighted by atomic mass is 9.40. The maximum Gasteiger partial charge on any atom is 0.303 e. The van der Waals surface area contributed by atoms with Gasteiger partial charge in [-0.05, 0) is 12.0 Å². The van der Waals surface area contributed by atoms with Gasteiger partial charge in [0.25, 0.3) is 0 Å². The predicted octanol–water partition coefficient (Wildman–Crippen LogP) is 0.561. The van der Waals surface area contributed by atoms with Crippen LogP contribution in [0.25, 0.3) is 0 Å². The van der Waals surface area contributed by atoms with Gasteiger partial charge in [-0.15, -0.1) is 0 Å². The van der Waals surface area contributed by atoms with Gasteiger partial charge in [-0.25, -0.2) is 0 Å². The highest BCUT2D eigenvalue weighted by Gasteiger charge is 1.96. The molecule has 1 aromatic carbocycles. The average molecular weight is 183 g/mol. The molecule has 0 fully saturated rings. The molecule has 0 aliphatic rings. The molecule has 0 saturated carbocycles. The van der Waals surface area contributed by atoms with Gasteiger partial charge < -0.3 is 5.11 Å². The fraction of sp³-hybridized carbons (Fsp3) is 0.222. The minimum Gasteiger partial charge on any atom is -0.481 e. The van der Waals surface area contributed by atoms with Gasteiger partial charge in [0.05, 0.1) is 0 Å². The maximum absolute atomic E-state index is 10.2. The minimum atomic E-state index is -0.742. The average Bonchev–Trinajstić information content (AvgIpc) is 2.18. The zero-order chi connectivity index (χ0) is 10.8. The molecule has 14 heavy (non-hydrogen) atoms. The Labute approximate surface area is 87.7 Å². The summed E-state index contributed by atoms with van der Waals surface area (Å²) >= 11 is 0. The Morgan fingerprint density at radius 3 is 2.21 bits per heavy atom. The minimum absolute atomic E-state index is 0.212. The Morgan fingerprint density at radius 1 is 1.29 bits per heavy atom. The van der Waals surface area contributed by atoms with Crippen molar-refractivity contribution < 1.29 is 9.90 Å². The molecule has 67 valence electrons. The van der Waals surface area contributed by atoms with Gasteiger partial charge >= 0.3 is 5.97 Å². The van der Waals surface area contributed by atoms with Crippen molar-refractivity contribution in [3.05, 3.63) is 35.9 Å². The van der Waals surface area contributed by atoms with E-state index in [0.29, 0.717) is 6.42 Å². The van der Waals surface area contributed by atoms with E-state index in [0.717, 1.165) is 12.6 Å². The monoisotopic (exact) mass is 183 g/mol. The number of aliphatic carboxylic acids is 1. The number of carboxylic acids is 1. The van der Waals surface area contributed by atoms with Gasteiger partial charge in [0, 0.05) is 29.0 Å². The molecule has 5 radical (unpaired) electrons. The molecule has 2 nitrogen and oxygen atoms in total. The summed E-state index contributed by atoms with van der Waals surface area (Å²) < 4.78 is 0. The first kappa shape index (κ1) is 12.9. The van der Waals surface area contributed by atoms with Crippen LogP contribution in [0.1, 0.15) is 12.0 Å². The molecule has 0 aliphatic heterocycles. The van der Waals surface area contributed by atoms with Gasteiger partial charge in [0.2, 0.25) is 0 Å². The van der Waals surface area contributed by atoms with Crippen molar-refractivity contribution in [2.24, 2.45) is 0 Å². The van der Waals surface area contributed by atoms with E-state index < -0.39 is 5.97 Å². The van der Waals surface area contributed by atoms with Crippen molar-refractivity contribution >= 4 is 28.5 Å². The molecule has 0 amide bonds. The summed E-state index contributed by atoms with van der Waals surface area (Å²) in [6, 6.07) is 9.62. The van der Waals surface area contributed by atoms with E-state index in [9.17, 15) is 4.79 Å². The molecule has 0 aromatic heterocycles. The zero-order valence-corrected chi connectivity index (χ0v) is 7.89. The Morgan fingerprint density at radius 2 is 1.79 bits per heavy atom. The van der Waals surface area contributed by atoms with Crippen LogP contribution in [0.4, 0.5) is 0 Å². The highest BCUT2D eigenvalue weighted by molar-refractivity contribution is 7.17. The maximum atomic E-state index is 10.2. The van der Waals surface area contributed by atoms with Crippen LogP contribution >= 0.6 is 0 Å². The Balaban J connectivity index is 0.000000500. The summed E-state index contributed by atoms with van der Waals surface area (Å²) in [5, 5.41) is 8.37. The number of rotatable bonds is 3. The third kappa shape index (κ3) is 7.53. The summed E-state index contributed by atoms with van der Waals surface area (Å²) in [7, 11) is 10.0. The normalized spacial score (nSPS) is 8.29. The molecule has 1 rings (SSSR count). The van der Waals surface area contributed by atoms with Crippen LogP contribution in [0.2, 0.25) is 0 Å². The fourth-order valence-electron chi connectivity index (χ4n) is 0.896. The van der Waals surface area contributed by atoms with E-state index in [2.05, 4.69) is 15.5 Å². The smallest absolute Gasteiger partial charge is 0.303 e. The lowest BCUT2D eigenvalue weighted by Gasteiger charge is -1.95. The zero-order valence-electron chi connectivity index (χ0n) is 7.89. The lowest BCUT2D eigenvalue weighted by molar-refractivity contribution is -0.136. The first-order chi connectivity index (χ1) is 6.70. The number of hydrogen-bond acceptors (Lipinski definition) is 1. The molecule has 0 spiro atoms. The molecule has 1 N–H and O–H groups in total.